The molecule has 9 heteroatoms. The minimum absolute atomic E-state index is 0.0500. The van der Waals surface area contributed by atoms with Gasteiger partial charge in [0.05, 0.1) is 10.6 Å². The van der Waals surface area contributed by atoms with Crippen LogP contribution >= 0.6 is 11.8 Å². The van der Waals surface area contributed by atoms with E-state index in [-0.39, 0.29) is 28.5 Å². The lowest BCUT2D eigenvalue weighted by Gasteiger charge is -2.27. The van der Waals surface area contributed by atoms with E-state index >= 15 is 0 Å². The molecule has 2 aliphatic rings. The summed E-state index contributed by atoms with van der Waals surface area (Å²) >= 11 is 1.54. The van der Waals surface area contributed by atoms with E-state index in [9.17, 15) is 18.0 Å². The molecule has 0 aromatic heterocycles. The third-order valence-electron chi connectivity index (χ3n) is 5.42. The van der Waals surface area contributed by atoms with Crippen LogP contribution in [0, 0.1) is 0 Å². The zero-order valence-electron chi connectivity index (χ0n) is 17.7. The maximum absolute atomic E-state index is 13.1. The fourth-order valence-corrected chi connectivity index (χ4v) is 6.38. The van der Waals surface area contributed by atoms with Crippen LogP contribution in [0.5, 0.6) is 0 Å². The van der Waals surface area contributed by atoms with Gasteiger partial charge in [0.15, 0.2) is 0 Å². The Kier molecular flexibility index (Phi) is 7.81. The number of sulfonamides is 1. The van der Waals surface area contributed by atoms with Crippen LogP contribution in [-0.2, 0) is 19.6 Å². The lowest BCUT2D eigenvalue weighted by Crippen LogP contribution is -2.41. The number of nitrogens with zero attached hydrogens (tertiary/aromatic N) is 2. The molecule has 1 atom stereocenters. The minimum Gasteiger partial charge on any atom is -0.355 e. The number of hydrogen-bond acceptors (Lipinski definition) is 5. The zero-order valence-corrected chi connectivity index (χ0v) is 19.4. The van der Waals surface area contributed by atoms with Crippen molar-refractivity contribution >= 4 is 39.3 Å². The normalized spacial score (nSPS) is 20.5. The number of carbonyl (C=O) groups is 2. The van der Waals surface area contributed by atoms with Gasteiger partial charge in [-0.25, -0.2) is 8.42 Å². The van der Waals surface area contributed by atoms with Gasteiger partial charge in [0.2, 0.25) is 21.8 Å². The van der Waals surface area contributed by atoms with E-state index < -0.39 is 10.0 Å². The third kappa shape index (κ3) is 5.36. The monoisotopic (exact) mass is 453 g/mol. The summed E-state index contributed by atoms with van der Waals surface area (Å²) in [6.07, 6.45) is 4.91. The first-order valence-electron chi connectivity index (χ1n) is 10.7. The number of thioether (sulfide) groups is 1. The predicted molar refractivity (Wildman–Crippen MR) is 119 cm³/mol. The largest absolute Gasteiger partial charge is 0.355 e. The number of carbonyl (C=O) groups excluding carboxylic acids is 2. The van der Waals surface area contributed by atoms with Crippen molar-refractivity contribution in [2.45, 2.75) is 67.4 Å². The van der Waals surface area contributed by atoms with Crippen LogP contribution in [0.15, 0.2) is 28.0 Å². The first kappa shape index (κ1) is 23.1. The van der Waals surface area contributed by atoms with E-state index in [2.05, 4.69) is 5.32 Å². The molecule has 166 valence electrons. The summed E-state index contributed by atoms with van der Waals surface area (Å²) in [6.45, 7) is 5.52. The van der Waals surface area contributed by atoms with Gasteiger partial charge in [-0.05, 0) is 37.5 Å². The van der Waals surface area contributed by atoms with Crippen molar-refractivity contribution in [3.63, 3.8) is 0 Å². The van der Waals surface area contributed by atoms with Crippen molar-refractivity contribution in [1.29, 1.82) is 0 Å². The summed E-state index contributed by atoms with van der Waals surface area (Å²) in [5, 5.41) is 2.89. The topological polar surface area (TPSA) is 86.8 Å². The lowest BCUT2D eigenvalue weighted by atomic mass is 10.2. The predicted octanol–water partition coefficient (Wildman–Crippen LogP) is 2.99. The van der Waals surface area contributed by atoms with Crippen LogP contribution in [0.4, 0.5) is 5.69 Å². The Bertz CT molecular complexity index is 882. The Balaban J connectivity index is 1.91. The molecule has 0 spiro atoms. The van der Waals surface area contributed by atoms with Crippen molar-refractivity contribution < 1.29 is 18.0 Å². The molecule has 0 bridgehead atoms. The van der Waals surface area contributed by atoms with Gasteiger partial charge in [0.1, 0.15) is 6.54 Å². The Labute approximate surface area is 183 Å². The van der Waals surface area contributed by atoms with E-state index in [0.717, 1.165) is 37.0 Å². The molecule has 2 amide bonds. The third-order valence-corrected chi connectivity index (χ3v) is 8.48. The van der Waals surface area contributed by atoms with E-state index in [0.29, 0.717) is 31.7 Å². The molecule has 2 aliphatic heterocycles. The highest BCUT2D eigenvalue weighted by Gasteiger charge is 2.31. The van der Waals surface area contributed by atoms with Crippen molar-refractivity contribution in [2.75, 3.05) is 31.1 Å². The van der Waals surface area contributed by atoms with Gasteiger partial charge < -0.3 is 10.2 Å². The van der Waals surface area contributed by atoms with Crippen molar-refractivity contribution in [1.82, 2.24) is 9.62 Å². The first-order chi connectivity index (χ1) is 14.3. The number of rotatable bonds is 7. The van der Waals surface area contributed by atoms with Gasteiger partial charge in [0.25, 0.3) is 0 Å². The SMILES string of the molecule is CCCCNC(=O)CN1C(=O)C[C@@H](C)Sc2ccc(S(=O)(=O)N3CCCCC3)cc21. The fourth-order valence-electron chi connectivity index (χ4n) is 3.75. The molecule has 1 N–H and O–H groups in total. The Hall–Kier alpha value is -1.58. The molecule has 1 saturated heterocycles. The van der Waals surface area contributed by atoms with E-state index in [1.165, 1.54) is 9.21 Å². The Morgan fingerprint density at radius 3 is 2.67 bits per heavy atom. The summed E-state index contributed by atoms with van der Waals surface area (Å²) in [7, 11) is -3.62. The molecule has 0 unspecified atom stereocenters. The molecule has 3 rings (SSSR count). The quantitative estimate of drug-likeness (QED) is 0.642. The maximum atomic E-state index is 13.1. The van der Waals surface area contributed by atoms with Crippen molar-refractivity contribution in [3.8, 4) is 0 Å². The lowest BCUT2D eigenvalue weighted by molar-refractivity contribution is -0.123. The second-order valence-corrected chi connectivity index (χ2v) is 11.3. The van der Waals surface area contributed by atoms with Crippen molar-refractivity contribution in [3.05, 3.63) is 18.2 Å². The maximum Gasteiger partial charge on any atom is 0.243 e. The standard InChI is InChI=1S/C21H31N3O4S2/c1-3-4-10-22-20(25)15-24-18-14-17(30(27,28)23-11-6-5-7-12-23)8-9-19(18)29-16(2)13-21(24)26/h8-9,14,16H,3-7,10-13,15H2,1-2H3,(H,22,25)/t16-/m1/s1. The molecular weight excluding hydrogens is 422 g/mol. The number of fused-ring (bicyclic) bond motifs is 1. The molecule has 7 nitrogen and oxygen atoms in total. The summed E-state index contributed by atoms with van der Waals surface area (Å²) < 4.78 is 27.8. The highest BCUT2D eigenvalue weighted by atomic mass is 32.2. The molecule has 0 saturated carbocycles. The highest BCUT2D eigenvalue weighted by molar-refractivity contribution is 8.00. The molecule has 30 heavy (non-hydrogen) atoms. The van der Waals surface area contributed by atoms with Crippen LogP contribution in [0.25, 0.3) is 0 Å². The Morgan fingerprint density at radius 1 is 1.23 bits per heavy atom. The van der Waals surface area contributed by atoms with Crippen LogP contribution < -0.4 is 10.2 Å². The smallest absolute Gasteiger partial charge is 0.243 e. The number of nitrogens with one attached hydrogen (secondary N) is 1. The van der Waals surface area contributed by atoms with Gasteiger partial charge in [-0.2, -0.15) is 4.31 Å². The van der Waals surface area contributed by atoms with Gasteiger partial charge in [-0.3, -0.25) is 9.59 Å². The van der Waals surface area contributed by atoms with Gasteiger partial charge >= 0.3 is 0 Å². The van der Waals surface area contributed by atoms with Gasteiger partial charge in [-0.1, -0.05) is 26.7 Å². The van der Waals surface area contributed by atoms with Crippen LogP contribution in [0.2, 0.25) is 0 Å². The fraction of sp³-hybridized carbons (Fsp3) is 0.619. The summed E-state index contributed by atoms with van der Waals surface area (Å²) in [6, 6.07) is 4.97. The van der Waals surface area contributed by atoms with Gasteiger partial charge in [-0.15, -0.1) is 11.8 Å². The molecule has 1 fully saturated rings. The van der Waals surface area contributed by atoms with Crippen molar-refractivity contribution in [2.24, 2.45) is 0 Å². The van der Waals surface area contributed by atoms with Crippen LogP contribution in [0.1, 0.15) is 52.4 Å². The second-order valence-electron chi connectivity index (χ2n) is 7.91. The molecular formula is C21H31N3O4S2. The summed E-state index contributed by atoms with van der Waals surface area (Å²) in [5.74, 6) is -0.390. The van der Waals surface area contributed by atoms with Gasteiger partial charge in [0, 0.05) is 36.2 Å². The number of unbranched alkanes of at least 4 members (excludes halogenated alkanes) is 1. The van der Waals surface area contributed by atoms with Crippen LogP contribution in [-0.4, -0.2) is 56.0 Å². The molecule has 0 radical (unpaired) electrons. The highest BCUT2D eigenvalue weighted by Crippen LogP contribution is 2.39. The molecule has 1 aromatic carbocycles. The minimum atomic E-state index is -3.62. The zero-order chi connectivity index (χ0) is 21.7. The first-order valence-corrected chi connectivity index (χ1v) is 13.0. The molecule has 2 heterocycles. The molecule has 1 aromatic rings. The summed E-state index contributed by atoms with van der Waals surface area (Å²) in [5.41, 5.74) is 0.512. The number of anilines is 1. The van der Waals surface area contributed by atoms with E-state index in [4.69, 9.17) is 0 Å². The van der Waals surface area contributed by atoms with E-state index in [1.807, 2.05) is 13.8 Å². The second kappa shape index (κ2) is 10.2. The number of amides is 2. The summed E-state index contributed by atoms with van der Waals surface area (Å²) in [4.78, 5) is 27.8. The molecule has 0 aliphatic carbocycles. The Morgan fingerprint density at radius 2 is 1.97 bits per heavy atom. The average molecular weight is 454 g/mol. The van der Waals surface area contributed by atoms with E-state index in [1.54, 1.807) is 30.0 Å². The van der Waals surface area contributed by atoms with Crippen LogP contribution in [0.3, 0.4) is 0 Å². The average Bonchev–Trinajstić information content (AvgIpc) is 2.84. The number of hydrogen-bond donors (Lipinski definition) is 1. The number of piperidine rings is 1. The number of benzene rings is 1.